The van der Waals surface area contributed by atoms with E-state index in [-0.39, 0.29) is 17.5 Å². The maximum atomic E-state index is 12.8. The van der Waals surface area contributed by atoms with Crippen LogP contribution in [-0.2, 0) is 4.79 Å². The molecule has 132 valence electrons. The molecular formula is C19H23N3O2S. The summed E-state index contributed by atoms with van der Waals surface area (Å²) in [5.74, 6) is 0.504. The van der Waals surface area contributed by atoms with Gasteiger partial charge >= 0.3 is 0 Å². The van der Waals surface area contributed by atoms with E-state index in [1.165, 1.54) is 18.2 Å². The Morgan fingerprint density at radius 2 is 2.04 bits per heavy atom. The van der Waals surface area contributed by atoms with Gasteiger partial charge in [-0.05, 0) is 51.2 Å². The van der Waals surface area contributed by atoms with Crippen LogP contribution in [0.2, 0.25) is 0 Å². The van der Waals surface area contributed by atoms with E-state index in [9.17, 15) is 9.59 Å². The van der Waals surface area contributed by atoms with Gasteiger partial charge < -0.3 is 4.90 Å². The Labute approximate surface area is 151 Å². The maximum Gasteiger partial charge on any atom is 0.262 e. The summed E-state index contributed by atoms with van der Waals surface area (Å²) in [7, 11) is 0. The van der Waals surface area contributed by atoms with E-state index in [4.69, 9.17) is 0 Å². The van der Waals surface area contributed by atoms with Crippen LogP contribution < -0.4 is 5.56 Å². The number of nitrogens with zero attached hydrogens (tertiary/aromatic N) is 3. The molecule has 0 N–H and O–H groups in total. The second kappa shape index (κ2) is 6.83. The molecule has 25 heavy (non-hydrogen) atoms. The van der Waals surface area contributed by atoms with Gasteiger partial charge in [-0.3, -0.25) is 14.2 Å². The number of benzene rings is 1. The second-order valence-corrected chi connectivity index (χ2v) is 7.98. The summed E-state index contributed by atoms with van der Waals surface area (Å²) < 4.78 is 1.81. The van der Waals surface area contributed by atoms with Gasteiger partial charge in [0.15, 0.2) is 5.16 Å². The van der Waals surface area contributed by atoms with Gasteiger partial charge in [-0.25, -0.2) is 4.98 Å². The lowest BCUT2D eigenvalue weighted by Gasteiger charge is -2.33. The van der Waals surface area contributed by atoms with Gasteiger partial charge in [0.1, 0.15) is 0 Å². The fourth-order valence-electron chi connectivity index (χ4n) is 3.56. The largest absolute Gasteiger partial charge is 0.339 e. The van der Waals surface area contributed by atoms with Crippen molar-refractivity contribution < 1.29 is 4.79 Å². The molecule has 0 bridgehead atoms. The van der Waals surface area contributed by atoms with E-state index in [1.807, 2.05) is 29.2 Å². The molecule has 1 aliphatic heterocycles. The van der Waals surface area contributed by atoms with Crippen LogP contribution in [0, 0.1) is 0 Å². The third-order valence-electron chi connectivity index (χ3n) is 5.14. The average molecular weight is 357 g/mol. The van der Waals surface area contributed by atoms with Crippen molar-refractivity contribution in [1.82, 2.24) is 14.5 Å². The third kappa shape index (κ3) is 3.32. The van der Waals surface area contributed by atoms with Crippen molar-refractivity contribution in [3.63, 3.8) is 0 Å². The Bertz CT molecular complexity index is 859. The number of likely N-dealkylation sites (tertiary alicyclic amines) is 1. The summed E-state index contributed by atoms with van der Waals surface area (Å²) in [4.78, 5) is 32.1. The topological polar surface area (TPSA) is 55.2 Å². The number of aromatic nitrogens is 2. The van der Waals surface area contributed by atoms with E-state index in [0.717, 1.165) is 32.2 Å². The molecule has 1 amide bonds. The molecule has 1 atom stereocenters. The monoisotopic (exact) mass is 357 g/mol. The molecule has 1 aliphatic carbocycles. The number of para-hydroxylation sites is 1. The number of piperidine rings is 1. The van der Waals surface area contributed by atoms with Crippen molar-refractivity contribution >= 4 is 28.6 Å². The van der Waals surface area contributed by atoms with E-state index in [2.05, 4.69) is 11.9 Å². The Morgan fingerprint density at radius 1 is 1.24 bits per heavy atom. The molecule has 2 aromatic rings. The zero-order valence-electron chi connectivity index (χ0n) is 14.5. The number of thioether (sulfide) groups is 1. The number of hydrogen-bond acceptors (Lipinski definition) is 4. The summed E-state index contributed by atoms with van der Waals surface area (Å²) in [6.07, 6.45) is 5.40. The van der Waals surface area contributed by atoms with Crippen molar-refractivity contribution in [3.8, 4) is 0 Å². The van der Waals surface area contributed by atoms with Gasteiger partial charge in [0.25, 0.3) is 5.56 Å². The molecule has 2 heterocycles. The highest BCUT2D eigenvalue weighted by atomic mass is 32.2. The highest BCUT2D eigenvalue weighted by molar-refractivity contribution is 7.99. The molecule has 0 radical (unpaired) electrons. The molecule has 1 aromatic carbocycles. The van der Waals surface area contributed by atoms with Gasteiger partial charge in [0.2, 0.25) is 5.91 Å². The van der Waals surface area contributed by atoms with E-state index >= 15 is 0 Å². The van der Waals surface area contributed by atoms with Crippen molar-refractivity contribution in [1.29, 1.82) is 0 Å². The van der Waals surface area contributed by atoms with Gasteiger partial charge in [-0.15, -0.1) is 0 Å². The number of fused-ring (bicyclic) bond motifs is 1. The molecule has 6 heteroatoms. The Kier molecular flexibility index (Phi) is 4.54. The number of carbonyl (C=O) groups excluding carboxylic acids is 1. The van der Waals surface area contributed by atoms with Crippen LogP contribution >= 0.6 is 11.8 Å². The zero-order chi connectivity index (χ0) is 17.4. The lowest BCUT2D eigenvalue weighted by Crippen LogP contribution is -2.43. The van der Waals surface area contributed by atoms with Gasteiger partial charge in [-0.2, -0.15) is 0 Å². The van der Waals surface area contributed by atoms with Crippen molar-refractivity contribution in [2.75, 3.05) is 12.3 Å². The van der Waals surface area contributed by atoms with Crippen LogP contribution in [0.4, 0.5) is 0 Å². The van der Waals surface area contributed by atoms with Crippen molar-refractivity contribution in [2.45, 2.75) is 56.3 Å². The van der Waals surface area contributed by atoms with E-state index in [0.29, 0.717) is 27.9 Å². The first-order chi connectivity index (χ1) is 12.1. The molecule has 1 saturated carbocycles. The third-order valence-corrected chi connectivity index (χ3v) is 6.07. The molecule has 5 nitrogen and oxygen atoms in total. The Morgan fingerprint density at radius 3 is 2.80 bits per heavy atom. The minimum absolute atomic E-state index is 0.0226. The smallest absolute Gasteiger partial charge is 0.262 e. The number of hydrogen-bond donors (Lipinski definition) is 0. The van der Waals surface area contributed by atoms with Crippen LogP contribution in [0.1, 0.15) is 45.1 Å². The minimum Gasteiger partial charge on any atom is -0.339 e. The summed E-state index contributed by atoms with van der Waals surface area (Å²) >= 11 is 1.41. The van der Waals surface area contributed by atoms with Crippen LogP contribution in [0.5, 0.6) is 0 Å². The second-order valence-electron chi connectivity index (χ2n) is 7.04. The predicted octanol–water partition coefficient (Wildman–Crippen LogP) is 3.22. The highest BCUT2D eigenvalue weighted by Crippen LogP contribution is 2.37. The van der Waals surface area contributed by atoms with Crippen molar-refractivity contribution in [3.05, 3.63) is 34.6 Å². The highest BCUT2D eigenvalue weighted by Gasteiger charge is 2.29. The predicted molar refractivity (Wildman–Crippen MR) is 100 cm³/mol. The molecule has 1 saturated heterocycles. The van der Waals surface area contributed by atoms with E-state index < -0.39 is 0 Å². The summed E-state index contributed by atoms with van der Waals surface area (Å²) in [6, 6.07) is 8.03. The van der Waals surface area contributed by atoms with Crippen LogP contribution in [0.25, 0.3) is 10.9 Å². The SMILES string of the molecule is CC1CCCCN1C(=O)CSc1nc2ccccc2c(=O)n1C1CC1. The van der Waals surface area contributed by atoms with Gasteiger partial charge in [0.05, 0.1) is 16.7 Å². The number of amides is 1. The summed E-state index contributed by atoms with van der Waals surface area (Å²) in [5.41, 5.74) is 0.736. The molecule has 0 spiro atoms. The molecule has 1 unspecified atom stereocenters. The maximum absolute atomic E-state index is 12.8. The Balaban J connectivity index is 1.59. The lowest BCUT2D eigenvalue weighted by atomic mass is 10.0. The quantitative estimate of drug-likeness (QED) is 0.623. The summed E-state index contributed by atoms with van der Waals surface area (Å²) in [6.45, 7) is 2.97. The molecular weight excluding hydrogens is 334 g/mol. The Hall–Kier alpha value is -1.82. The van der Waals surface area contributed by atoms with Crippen molar-refractivity contribution in [2.24, 2.45) is 0 Å². The first kappa shape index (κ1) is 16.6. The van der Waals surface area contributed by atoms with Crippen LogP contribution in [0.15, 0.2) is 34.2 Å². The van der Waals surface area contributed by atoms with Crippen LogP contribution in [0.3, 0.4) is 0 Å². The first-order valence-corrected chi connectivity index (χ1v) is 10.1. The van der Waals surface area contributed by atoms with Gasteiger partial charge in [-0.1, -0.05) is 23.9 Å². The molecule has 1 aromatic heterocycles. The molecule has 2 aliphatic rings. The van der Waals surface area contributed by atoms with E-state index in [1.54, 1.807) is 4.57 Å². The fourth-order valence-corrected chi connectivity index (χ4v) is 4.51. The lowest BCUT2D eigenvalue weighted by molar-refractivity contribution is -0.131. The van der Waals surface area contributed by atoms with Crippen LogP contribution in [-0.4, -0.2) is 38.7 Å². The normalized spacial score (nSPS) is 20.8. The number of carbonyl (C=O) groups is 1. The first-order valence-electron chi connectivity index (χ1n) is 9.08. The summed E-state index contributed by atoms with van der Waals surface area (Å²) in [5, 5.41) is 1.35. The van der Waals surface area contributed by atoms with Gasteiger partial charge in [0, 0.05) is 18.6 Å². The standard InChI is InChI=1S/C19H23N3O2S/c1-13-6-4-5-11-21(13)17(23)12-25-19-20-16-8-3-2-7-15(16)18(24)22(19)14-9-10-14/h2-3,7-8,13-14H,4-6,9-12H2,1H3. The minimum atomic E-state index is 0.0226. The molecule has 2 fully saturated rings. The average Bonchev–Trinajstić information content (AvgIpc) is 3.45. The fraction of sp³-hybridized carbons (Fsp3) is 0.526. The molecule has 4 rings (SSSR count). The zero-order valence-corrected chi connectivity index (χ0v) is 15.3. The number of rotatable bonds is 4.